The van der Waals surface area contributed by atoms with E-state index in [9.17, 15) is 0 Å². The highest BCUT2D eigenvalue weighted by Crippen LogP contribution is 2.41. The molecule has 4 rings (SSSR count). The number of benzene rings is 2. The summed E-state index contributed by atoms with van der Waals surface area (Å²) in [6, 6.07) is 12.0. The molecule has 0 atom stereocenters. The number of halogens is 1. The Hall–Kier alpha value is -2.20. The normalized spacial score (nSPS) is 14.0. The minimum absolute atomic E-state index is 0.578. The van der Waals surface area contributed by atoms with E-state index in [1.165, 1.54) is 24.2 Å². The van der Waals surface area contributed by atoms with E-state index in [4.69, 9.17) is 26.1 Å². The van der Waals surface area contributed by atoms with Crippen LogP contribution in [0.15, 0.2) is 36.4 Å². The molecule has 0 unspecified atom stereocenters. The van der Waals surface area contributed by atoms with Crippen LogP contribution in [0.25, 0.3) is 11.0 Å². The molecule has 0 N–H and O–H groups in total. The van der Waals surface area contributed by atoms with Gasteiger partial charge in [-0.2, -0.15) is 0 Å². The van der Waals surface area contributed by atoms with E-state index in [2.05, 4.69) is 10.6 Å². The molecule has 130 valence electrons. The summed E-state index contributed by atoms with van der Waals surface area (Å²) in [6.07, 6.45) is 3.32. The van der Waals surface area contributed by atoms with Gasteiger partial charge in [0.1, 0.15) is 5.82 Å². The lowest BCUT2D eigenvalue weighted by atomic mass is 10.1. The predicted molar refractivity (Wildman–Crippen MR) is 100.0 cm³/mol. The molecule has 0 spiro atoms. The standard InChI is InChI=1S/C20H21ClN2O2/c1-24-17-9-6-13(12-18(17)25-2)10-11-23-19-15(21)4-3-5-16(19)22-20(23)14-7-8-14/h3-6,9,12,14H,7-8,10-11H2,1-2H3. The second-order valence-electron chi connectivity index (χ2n) is 6.44. The zero-order chi connectivity index (χ0) is 17.4. The fourth-order valence-electron chi connectivity index (χ4n) is 3.32. The number of imidazole rings is 1. The third-order valence-electron chi connectivity index (χ3n) is 4.76. The van der Waals surface area contributed by atoms with Crippen molar-refractivity contribution in [2.45, 2.75) is 31.7 Å². The second-order valence-corrected chi connectivity index (χ2v) is 6.85. The van der Waals surface area contributed by atoms with Crippen molar-refractivity contribution >= 4 is 22.6 Å². The molecule has 1 fully saturated rings. The number of nitrogens with zero attached hydrogens (tertiary/aromatic N) is 2. The molecule has 4 nitrogen and oxygen atoms in total. The molecule has 2 aromatic carbocycles. The number of aryl methyl sites for hydroxylation is 2. The number of methoxy groups -OCH3 is 2. The summed E-state index contributed by atoms with van der Waals surface area (Å²) in [5, 5.41) is 0.768. The van der Waals surface area contributed by atoms with Crippen LogP contribution >= 0.6 is 11.6 Å². The van der Waals surface area contributed by atoms with Crippen molar-refractivity contribution in [1.29, 1.82) is 0 Å². The number of rotatable bonds is 6. The van der Waals surface area contributed by atoms with Crippen LogP contribution in [0.4, 0.5) is 0 Å². The molecule has 5 heteroatoms. The smallest absolute Gasteiger partial charge is 0.160 e. The third-order valence-corrected chi connectivity index (χ3v) is 5.07. The summed E-state index contributed by atoms with van der Waals surface area (Å²) < 4.78 is 13.0. The minimum atomic E-state index is 0.578. The van der Waals surface area contributed by atoms with Crippen molar-refractivity contribution in [2.75, 3.05) is 14.2 Å². The Labute approximate surface area is 152 Å². The van der Waals surface area contributed by atoms with Crippen molar-refractivity contribution in [1.82, 2.24) is 9.55 Å². The van der Waals surface area contributed by atoms with Crippen LogP contribution in [-0.2, 0) is 13.0 Å². The summed E-state index contributed by atoms with van der Waals surface area (Å²) in [5.74, 6) is 3.26. The number of hydrogen-bond donors (Lipinski definition) is 0. The van der Waals surface area contributed by atoms with Crippen molar-refractivity contribution < 1.29 is 9.47 Å². The average Bonchev–Trinajstić information content (AvgIpc) is 3.41. The summed E-state index contributed by atoms with van der Waals surface area (Å²) >= 11 is 6.47. The Morgan fingerprint density at radius 1 is 1.12 bits per heavy atom. The van der Waals surface area contributed by atoms with Crippen LogP contribution in [0.1, 0.15) is 30.1 Å². The Balaban J connectivity index is 1.66. The highest BCUT2D eigenvalue weighted by atomic mass is 35.5. The molecule has 0 bridgehead atoms. The van der Waals surface area contributed by atoms with Gasteiger partial charge < -0.3 is 14.0 Å². The summed E-state index contributed by atoms with van der Waals surface area (Å²) in [4.78, 5) is 4.84. The Morgan fingerprint density at radius 3 is 2.64 bits per heavy atom. The maximum atomic E-state index is 6.47. The van der Waals surface area contributed by atoms with Gasteiger partial charge in [0.25, 0.3) is 0 Å². The van der Waals surface area contributed by atoms with Crippen molar-refractivity contribution in [3.8, 4) is 11.5 Å². The van der Waals surface area contributed by atoms with Crippen molar-refractivity contribution in [2.24, 2.45) is 0 Å². The average molecular weight is 357 g/mol. The number of fused-ring (bicyclic) bond motifs is 1. The van der Waals surface area contributed by atoms with E-state index in [-0.39, 0.29) is 0 Å². The highest BCUT2D eigenvalue weighted by molar-refractivity contribution is 6.35. The highest BCUT2D eigenvalue weighted by Gasteiger charge is 2.30. The van der Waals surface area contributed by atoms with E-state index in [1.807, 2.05) is 30.3 Å². The van der Waals surface area contributed by atoms with Gasteiger partial charge in [-0.3, -0.25) is 0 Å². The lowest BCUT2D eigenvalue weighted by molar-refractivity contribution is 0.354. The Morgan fingerprint density at radius 2 is 1.92 bits per heavy atom. The van der Waals surface area contributed by atoms with E-state index in [0.29, 0.717) is 5.92 Å². The molecular formula is C20H21ClN2O2. The maximum Gasteiger partial charge on any atom is 0.160 e. The van der Waals surface area contributed by atoms with E-state index >= 15 is 0 Å². The van der Waals surface area contributed by atoms with E-state index in [1.54, 1.807) is 14.2 Å². The molecule has 0 amide bonds. The van der Waals surface area contributed by atoms with Crippen LogP contribution in [0.2, 0.25) is 5.02 Å². The zero-order valence-electron chi connectivity index (χ0n) is 14.5. The largest absolute Gasteiger partial charge is 0.493 e. The van der Waals surface area contributed by atoms with Crippen LogP contribution in [-0.4, -0.2) is 23.8 Å². The molecule has 1 aromatic heterocycles. The first kappa shape index (κ1) is 16.3. The molecule has 1 saturated carbocycles. The van der Waals surface area contributed by atoms with E-state index in [0.717, 1.165) is 40.5 Å². The molecule has 1 aliphatic carbocycles. The van der Waals surface area contributed by atoms with Gasteiger partial charge in [-0.05, 0) is 49.1 Å². The number of hydrogen-bond acceptors (Lipinski definition) is 3. The summed E-state index contributed by atoms with van der Waals surface area (Å²) in [6.45, 7) is 0.849. The molecule has 0 aliphatic heterocycles. The van der Waals surface area contributed by atoms with E-state index < -0.39 is 0 Å². The quantitative estimate of drug-likeness (QED) is 0.634. The van der Waals surface area contributed by atoms with Gasteiger partial charge in [0.2, 0.25) is 0 Å². The Kier molecular flexibility index (Phi) is 4.30. The molecule has 3 aromatic rings. The van der Waals surface area contributed by atoms with Crippen molar-refractivity contribution in [3.63, 3.8) is 0 Å². The van der Waals surface area contributed by atoms with Gasteiger partial charge in [-0.25, -0.2) is 4.98 Å². The van der Waals surface area contributed by atoms with Crippen LogP contribution < -0.4 is 9.47 Å². The first-order valence-electron chi connectivity index (χ1n) is 8.57. The fourth-order valence-corrected chi connectivity index (χ4v) is 3.59. The van der Waals surface area contributed by atoms with Gasteiger partial charge in [-0.15, -0.1) is 0 Å². The molecule has 0 radical (unpaired) electrons. The van der Waals surface area contributed by atoms with Gasteiger partial charge in [0.05, 0.1) is 30.3 Å². The molecule has 25 heavy (non-hydrogen) atoms. The zero-order valence-corrected chi connectivity index (χ0v) is 15.2. The van der Waals surface area contributed by atoms with Gasteiger partial charge in [-0.1, -0.05) is 23.7 Å². The van der Waals surface area contributed by atoms with Crippen LogP contribution in [0, 0.1) is 0 Å². The number of para-hydroxylation sites is 1. The molecule has 1 heterocycles. The minimum Gasteiger partial charge on any atom is -0.493 e. The van der Waals surface area contributed by atoms with Gasteiger partial charge in [0.15, 0.2) is 11.5 Å². The monoisotopic (exact) mass is 356 g/mol. The third kappa shape index (κ3) is 3.07. The van der Waals surface area contributed by atoms with Crippen molar-refractivity contribution in [3.05, 3.63) is 52.8 Å². The fraction of sp³-hybridized carbons (Fsp3) is 0.350. The van der Waals surface area contributed by atoms with Crippen LogP contribution in [0.3, 0.4) is 0 Å². The first-order chi connectivity index (χ1) is 12.2. The summed E-state index contributed by atoms with van der Waals surface area (Å²) in [5.41, 5.74) is 3.24. The second kappa shape index (κ2) is 6.60. The SMILES string of the molecule is COc1ccc(CCn2c(C3CC3)nc3cccc(Cl)c32)cc1OC. The lowest BCUT2D eigenvalue weighted by Crippen LogP contribution is -2.06. The van der Waals surface area contributed by atoms with Gasteiger partial charge in [0, 0.05) is 12.5 Å². The number of aromatic nitrogens is 2. The number of ether oxygens (including phenoxy) is 2. The topological polar surface area (TPSA) is 36.3 Å². The lowest BCUT2D eigenvalue weighted by Gasteiger charge is -2.12. The van der Waals surface area contributed by atoms with Gasteiger partial charge >= 0.3 is 0 Å². The maximum absolute atomic E-state index is 6.47. The predicted octanol–water partition coefficient (Wildman–Crippen LogP) is 4.83. The first-order valence-corrected chi connectivity index (χ1v) is 8.94. The molecular weight excluding hydrogens is 336 g/mol. The Bertz CT molecular complexity index is 915. The summed E-state index contributed by atoms with van der Waals surface area (Å²) in [7, 11) is 3.31. The van der Waals surface area contributed by atoms with Crippen LogP contribution in [0.5, 0.6) is 11.5 Å². The molecule has 1 aliphatic rings. The molecule has 0 saturated heterocycles.